The second-order valence-electron chi connectivity index (χ2n) is 4.82. The second-order valence-corrected chi connectivity index (χ2v) is 4.82. The van der Waals surface area contributed by atoms with Crippen molar-refractivity contribution in [2.45, 2.75) is 38.5 Å². The molecule has 2 fully saturated rings. The van der Waals surface area contributed by atoms with Crippen molar-refractivity contribution in [3.63, 3.8) is 0 Å². The number of hydrogen-bond donors (Lipinski definition) is 1. The van der Waals surface area contributed by atoms with Crippen molar-refractivity contribution in [3.8, 4) is 0 Å². The van der Waals surface area contributed by atoms with Crippen LogP contribution in [0.5, 0.6) is 0 Å². The van der Waals surface area contributed by atoms with Gasteiger partial charge in [-0.25, -0.2) is 0 Å². The fraction of sp³-hybridized carbons (Fsp3) is 0.917. The van der Waals surface area contributed by atoms with Crippen molar-refractivity contribution in [1.29, 1.82) is 0 Å². The molecule has 0 radical (unpaired) electrons. The number of amides is 1. The third-order valence-electron chi connectivity index (χ3n) is 3.35. The molecule has 0 spiro atoms. The van der Waals surface area contributed by atoms with Crippen molar-refractivity contribution in [2.24, 2.45) is 5.92 Å². The Morgan fingerprint density at radius 1 is 1.20 bits per heavy atom. The maximum Gasteiger partial charge on any atom is 0.223 e. The molecular weight excluding hydrogens is 188 g/mol. The lowest BCUT2D eigenvalue weighted by Crippen LogP contribution is -2.33. The first-order valence-electron chi connectivity index (χ1n) is 6.36. The predicted octanol–water partition coefficient (Wildman–Crippen LogP) is 1.39. The molecule has 3 nitrogen and oxygen atoms in total. The van der Waals surface area contributed by atoms with E-state index in [4.69, 9.17) is 0 Å². The summed E-state index contributed by atoms with van der Waals surface area (Å²) in [5.41, 5.74) is 0. The molecule has 3 heteroatoms. The fourth-order valence-electron chi connectivity index (χ4n) is 2.19. The van der Waals surface area contributed by atoms with Crippen LogP contribution in [-0.2, 0) is 4.79 Å². The van der Waals surface area contributed by atoms with Crippen LogP contribution in [0.15, 0.2) is 0 Å². The van der Waals surface area contributed by atoms with Gasteiger partial charge in [-0.2, -0.15) is 0 Å². The monoisotopic (exact) mass is 210 g/mol. The molecule has 0 atom stereocenters. The number of carbonyl (C=O) groups is 1. The smallest absolute Gasteiger partial charge is 0.223 e. The van der Waals surface area contributed by atoms with Gasteiger partial charge in [-0.15, -0.1) is 0 Å². The highest BCUT2D eigenvalue weighted by atomic mass is 16.2. The van der Waals surface area contributed by atoms with Crippen molar-refractivity contribution in [2.75, 3.05) is 26.2 Å². The predicted molar refractivity (Wildman–Crippen MR) is 60.6 cm³/mol. The Hall–Kier alpha value is -0.570. The molecule has 0 aromatic rings. The van der Waals surface area contributed by atoms with Crippen LogP contribution in [0.25, 0.3) is 0 Å². The Labute approximate surface area is 92.2 Å². The SMILES string of the molecule is O=C(NCCCN1CCCCC1)C1CC1. The van der Waals surface area contributed by atoms with Crippen LogP contribution in [0.4, 0.5) is 0 Å². The first-order valence-corrected chi connectivity index (χ1v) is 6.36. The zero-order valence-electron chi connectivity index (χ0n) is 9.50. The summed E-state index contributed by atoms with van der Waals surface area (Å²) in [6, 6.07) is 0. The summed E-state index contributed by atoms with van der Waals surface area (Å²) in [4.78, 5) is 13.9. The summed E-state index contributed by atoms with van der Waals surface area (Å²) in [7, 11) is 0. The molecule has 1 saturated carbocycles. The Kier molecular flexibility index (Phi) is 4.01. The standard InChI is InChI=1S/C12H22N2O/c15-12(11-5-6-11)13-7-4-10-14-8-2-1-3-9-14/h11H,1-10H2,(H,13,15). The Bertz CT molecular complexity index is 208. The van der Waals surface area contributed by atoms with Gasteiger partial charge < -0.3 is 10.2 Å². The molecule has 0 aromatic heterocycles. The number of hydrogen-bond acceptors (Lipinski definition) is 2. The normalized spacial score (nSPS) is 22.7. The highest BCUT2D eigenvalue weighted by molar-refractivity contribution is 5.80. The van der Waals surface area contributed by atoms with Crippen LogP contribution in [-0.4, -0.2) is 37.0 Å². The van der Waals surface area contributed by atoms with Crippen LogP contribution >= 0.6 is 0 Å². The zero-order chi connectivity index (χ0) is 10.5. The van der Waals surface area contributed by atoms with E-state index in [2.05, 4.69) is 10.2 Å². The zero-order valence-corrected chi connectivity index (χ0v) is 9.50. The minimum Gasteiger partial charge on any atom is -0.356 e. The van der Waals surface area contributed by atoms with E-state index in [9.17, 15) is 4.79 Å². The van der Waals surface area contributed by atoms with Crippen LogP contribution in [0.3, 0.4) is 0 Å². The van der Waals surface area contributed by atoms with Crippen LogP contribution in [0.2, 0.25) is 0 Å². The van der Waals surface area contributed by atoms with Gasteiger partial charge in [0.05, 0.1) is 0 Å². The van der Waals surface area contributed by atoms with E-state index in [0.717, 1.165) is 32.4 Å². The number of nitrogens with zero attached hydrogens (tertiary/aromatic N) is 1. The van der Waals surface area contributed by atoms with Crippen LogP contribution in [0.1, 0.15) is 38.5 Å². The fourth-order valence-corrected chi connectivity index (χ4v) is 2.19. The molecule has 0 unspecified atom stereocenters. The third kappa shape index (κ3) is 3.82. The maximum absolute atomic E-state index is 11.3. The average molecular weight is 210 g/mol. The first kappa shape index (κ1) is 10.9. The summed E-state index contributed by atoms with van der Waals surface area (Å²) in [6.07, 6.45) is 7.44. The van der Waals surface area contributed by atoms with Crippen molar-refractivity contribution >= 4 is 5.91 Å². The van der Waals surface area contributed by atoms with Gasteiger partial charge >= 0.3 is 0 Å². The molecular formula is C12H22N2O. The second kappa shape index (κ2) is 5.50. The van der Waals surface area contributed by atoms with Gasteiger partial charge in [-0.3, -0.25) is 4.79 Å². The molecule has 0 aromatic carbocycles. The number of carbonyl (C=O) groups excluding carboxylic acids is 1. The largest absolute Gasteiger partial charge is 0.356 e. The van der Waals surface area contributed by atoms with E-state index >= 15 is 0 Å². The minimum atomic E-state index is 0.286. The highest BCUT2D eigenvalue weighted by Crippen LogP contribution is 2.28. The molecule has 0 bridgehead atoms. The van der Waals surface area contributed by atoms with Crippen molar-refractivity contribution < 1.29 is 4.79 Å². The lowest BCUT2D eigenvalue weighted by molar-refractivity contribution is -0.122. The molecule has 1 aliphatic carbocycles. The number of rotatable bonds is 5. The summed E-state index contributed by atoms with van der Waals surface area (Å²) in [5.74, 6) is 0.647. The molecule has 1 aliphatic heterocycles. The van der Waals surface area contributed by atoms with E-state index in [1.54, 1.807) is 0 Å². The van der Waals surface area contributed by atoms with Gasteiger partial charge in [0, 0.05) is 12.5 Å². The number of nitrogens with one attached hydrogen (secondary N) is 1. The molecule has 2 rings (SSSR count). The summed E-state index contributed by atoms with van der Waals surface area (Å²) >= 11 is 0. The number of likely N-dealkylation sites (tertiary alicyclic amines) is 1. The summed E-state index contributed by atoms with van der Waals surface area (Å²) < 4.78 is 0. The first-order chi connectivity index (χ1) is 7.36. The summed E-state index contributed by atoms with van der Waals surface area (Å²) in [5, 5.41) is 3.02. The quantitative estimate of drug-likeness (QED) is 0.695. The van der Waals surface area contributed by atoms with Crippen molar-refractivity contribution in [3.05, 3.63) is 0 Å². The van der Waals surface area contributed by atoms with Gasteiger partial charge in [0.25, 0.3) is 0 Å². The average Bonchev–Trinajstić information content (AvgIpc) is 3.09. The third-order valence-corrected chi connectivity index (χ3v) is 3.35. The number of piperidine rings is 1. The van der Waals surface area contributed by atoms with Gasteiger partial charge in [-0.1, -0.05) is 6.42 Å². The molecule has 86 valence electrons. The van der Waals surface area contributed by atoms with Gasteiger partial charge in [0.15, 0.2) is 0 Å². The van der Waals surface area contributed by atoms with E-state index in [1.807, 2.05) is 0 Å². The Morgan fingerprint density at radius 3 is 2.60 bits per heavy atom. The van der Waals surface area contributed by atoms with E-state index in [-0.39, 0.29) is 5.91 Å². The molecule has 15 heavy (non-hydrogen) atoms. The molecule has 2 aliphatic rings. The maximum atomic E-state index is 11.3. The van der Waals surface area contributed by atoms with E-state index < -0.39 is 0 Å². The van der Waals surface area contributed by atoms with Gasteiger partial charge in [-0.05, 0) is 51.7 Å². The van der Waals surface area contributed by atoms with E-state index in [0.29, 0.717) is 5.92 Å². The highest BCUT2D eigenvalue weighted by Gasteiger charge is 2.28. The lowest BCUT2D eigenvalue weighted by Gasteiger charge is -2.26. The van der Waals surface area contributed by atoms with Gasteiger partial charge in [0.1, 0.15) is 0 Å². The van der Waals surface area contributed by atoms with Crippen molar-refractivity contribution in [1.82, 2.24) is 10.2 Å². The molecule has 1 heterocycles. The molecule has 1 N–H and O–H groups in total. The van der Waals surface area contributed by atoms with Crippen LogP contribution < -0.4 is 5.32 Å². The topological polar surface area (TPSA) is 32.3 Å². The molecule has 1 amide bonds. The summed E-state index contributed by atoms with van der Waals surface area (Å²) in [6.45, 7) is 4.55. The molecule has 1 saturated heterocycles. The minimum absolute atomic E-state index is 0.286. The van der Waals surface area contributed by atoms with Gasteiger partial charge in [0.2, 0.25) is 5.91 Å². The van der Waals surface area contributed by atoms with Crippen LogP contribution in [0, 0.1) is 5.92 Å². The Balaban J connectivity index is 1.48. The Morgan fingerprint density at radius 2 is 1.93 bits per heavy atom. The van der Waals surface area contributed by atoms with E-state index in [1.165, 1.54) is 32.4 Å². The lowest BCUT2D eigenvalue weighted by atomic mass is 10.1.